The second kappa shape index (κ2) is 6.13. The van der Waals surface area contributed by atoms with Gasteiger partial charge in [0.1, 0.15) is 0 Å². The summed E-state index contributed by atoms with van der Waals surface area (Å²) < 4.78 is 27.6. The van der Waals surface area contributed by atoms with Crippen molar-refractivity contribution in [3.05, 3.63) is 27.1 Å². The van der Waals surface area contributed by atoms with Gasteiger partial charge in [-0.3, -0.25) is 4.79 Å². The molecule has 1 fully saturated rings. The van der Waals surface area contributed by atoms with Gasteiger partial charge in [0.25, 0.3) is 0 Å². The predicted octanol–water partition coefficient (Wildman–Crippen LogP) is 2.70. The van der Waals surface area contributed by atoms with Crippen LogP contribution in [-0.4, -0.2) is 36.9 Å². The molecule has 8 heteroatoms. The molecule has 1 aromatic rings. The lowest BCUT2D eigenvalue weighted by Gasteiger charge is -2.30. The summed E-state index contributed by atoms with van der Waals surface area (Å²) in [4.78, 5) is 11.2. The van der Waals surface area contributed by atoms with Crippen LogP contribution in [0.25, 0.3) is 0 Å². The van der Waals surface area contributed by atoms with Gasteiger partial charge in [0.2, 0.25) is 10.0 Å². The van der Waals surface area contributed by atoms with E-state index in [9.17, 15) is 13.2 Å². The largest absolute Gasteiger partial charge is 0.481 e. The van der Waals surface area contributed by atoms with Gasteiger partial charge in [0, 0.05) is 22.0 Å². The van der Waals surface area contributed by atoms with Crippen LogP contribution in [0.2, 0.25) is 0 Å². The molecule has 0 unspecified atom stereocenters. The highest BCUT2D eigenvalue weighted by molar-refractivity contribution is 9.11. The Bertz CT molecular complexity index is 632. The maximum Gasteiger partial charge on any atom is 0.307 e. The van der Waals surface area contributed by atoms with E-state index in [0.29, 0.717) is 23.9 Å². The van der Waals surface area contributed by atoms with E-state index in [4.69, 9.17) is 5.11 Å². The minimum Gasteiger partial charge on any atom is -0.481 e. The fourth-order valence-corrected chi connectivity index (χ4v) is 5.42. The molecular weight excluding hydrogens is 414 g/mol. The first-order valence-electron chi connectivity index (χ1n) is 6.00. The number of hydrogen-bond donors (Lipinski definition) is 1. The van der Waals surface area contributed by atoms with Gasteiger partial charge in [-0.15, -0.1) is 0 Å². The fraction of sp³-hybridized carbons (Fsp3) is 0.417. The monoisotopic (exact) mass is 425 g/mol. The number of piperidine rings is 1. The summed E-state index contributed by atoms with van der Waals surface area (Å²) in [6, 6.07) is 4.82. The quantitative estimate of drug-likeness (QED) is 0.806. The molecule has 1 N–H and O–H groups in total. The zero-order valence-corrected chi connectivity index (χ0v) is 14.4. The number of rotatable bonds is 3. The normalized spacial score (nSPS) is 20.8. The van der Waals surface area contributed by atoms with Crippen molar-refractivity contribution in [1.82, 2.24) is 4.31 Å². The third kappa shape index (κ3) is 3.24. The van der Waals surface area contributed by atoms with Gasteiger partial charge in [0.15, 0.2) is 0 Å². The minimum atomic E-state index is -3.67. The molecule has 0 spiro atoms. The summed E-state index contributed by atoms with van der Waals surface area (Å²) in [6.45, 7) is 0.384. The Morgan fingerprint density at radius 1 is 1.35 bits per heavy atom. The van der Waals surface area contributed by atoms with Gasteiger partial charge in [0.05, 0.1) is 10.8 Å². The third-order valence-corrected chi connectivity index (χ3v) is 6.58. The summed E-state index contributed by atoms with van der Waals surface area (Å²) in [5.41, 5.74) is 0. The van der Waals surface area contributed by atoms with Crippen LogP contribution in [-0.2, 0) is 14.8 Å². The lowest BCUT2D eigenvalue weighted by molar-refractivity contribution is -0.142. The third-order valence-electron chi connectivity index (χ3n) is 3.25. The summed E-state index contributed by atoms with van der Waals surface area (Å²) in [6.07, 6.45) is 1.08. The first-order valence-corrected chi connectivity index (χ1v) is 9.03. The van der Waals surface area contributed by atoms with Crippen molar-refractivity contribution in [3.8, 4) is 0 Å². The second-order valence-corrected chi connectivity index (χ2v) is 8.29. The highest BCUT2D eigenvalue weighted by Gasteiger charge is 2.34. The number of carboxylic acid groups (broad SMARTS) is 1. The lowest BCUT2D eigenvalue weighted by atomic mass is 10.0. The summed E-state index contributed by atoms with van der Waals surface area (Å²) in [5.74, 6) is -1.58. The molecule has 5 nitrogen and oxygen atoms in total. The van der Waals surface area contributed by atoms with Crippen LogP contribution in [0.15, 0.2) is 32.0 Å². The van der Waals surface area contributed by atoms with Gasteiger partial charge in [-0.2, -0.15) is 4.31 Å². The van der Waals surface area contributed by atoms with Gasteiger partial charge in [-0.25, -0.2) is 8.42 Å². The first-order chi connectivity index (χ1) is 9.32. The van der Waals surface area contributed by atoms with Gasteiger partial charge in [-0.1, -0.05) is 15.9 Å². The Labute approximate surface area is 134 Å². The minimum absolute atomic E-state index is 0.0279. The number of benzene rings is 1. The molecule has 0 radical (unpaired) electrons. The number of aliphatic carboxylic acids is 1. The maximum absolute atomic E-state index is 12.6. The van der Waals surface area contributed by atoms with Crippen LogP contribution in [0.4, 0.5) is 0 Å². The van der Waals surface area contributed by atoms with Crippen LogP contribution in [0.5, 0.6) is 0 Å². The van der Waals surface area contributed by atoms with Crippen molar-refractivity contribution in [1.29, 1.82) is 0 Å². The summed E-state index contributed by atoms with van der Waals surface area (Å²) in [5, 5.41) is 9.05. The van der Waals surface area contributed by atoms with E-state index in [0.717, 1.165) is 4.47 Å². The zero-order valence-electron chi connectivity index (χ0n) is 10.4. The van der Waals surface area contributed by atoms with Crippen molar-refractivity contribution in [2.45, 2.75) is 17.7 Å². The fourth-order valence-electron chi connectivity index (χ4n) is 2.19. The number of hydrogen-bond acceptors (Lipinski definition) is 3. The molecule has 1 aromatic carbocycles. The topological polar surface area (TPSA) is 74.7 Å². The molecule has 0 aliphatic carbocycles. The molecule has 2 rings (SSSR count). The van der Waals surface area contributed by atoms with Crippen molar-refractivity contribution < 1.29 is 18.3 Å². The van der Waals surface area contributed by atoms with E-state index in [1.54, 1.807) is 12.1 Å². The number of nitrogens with zero attached hydrogens (tertiary/aromatic N) is 1. The van der Waals surface area contributed by atoms with Crippen molar-refractivity contribution in [2.24, 2.45) is 5.92 Å². The lowest BCUT2D eigenvalue weighted by Crippen LogP contribution is -2.42. The van der Waals surface area contributed by atoms with Crippen LogP contribution in [0, 0.1) is 5.92 Å². The second-order valence-electron chi connectivity index (χ2n) is 4.62. The number of carbonyl (C=O) groups is 1. The van der Waals surface area contributed by atoms with Gasteiger partial charge in [-0.05, 0) is 47.0 Å². The van der Waals surface area contributed by atoms with E-state index in [1.165, 1.54) is 10.4 Å². The highest BCUT2D eigenvalue weighted by Crippen LogP contribution is 2.30. The molecule has 1 aliphatic heterocycles. The standard InChI is InChI=1S/C12H13Br2NO4S/c13-9-3-4-11(10(14)6-9)20(18,19)15-5-1-2-8(7-15)12(16)17/h3-4,6,8H,1-2,5,7H2,(H,16,17)/t8-/m1/s1. The molecule has 1 heterocycles. The molecule has 1 atom stereocenters. The molecular formula is C12H13Br2NO4S. The van der Waals surface area contributed by atoms with E-state index in [-0.39, 0.29) is 11.4 Å². The molecule has 110 valence electrons. The Morgan fingerprint density at radius 2 is 2.05 bits per heavy atom. The number of carboxylic acids is 1. The Balaban J connectivity index is 2.32. The average Bonchev–Trinajstić information content (AvgIpc) is 2.38. The van der Waals surface area contributed by atoms with E-state index in [1.807, 2.05) is 0 Å². The average molecular weight is 427 g/mol. The van der Waals surface area contributed by atoms with Crippen LogP contribution in [0.3, 0.4) is 0 Å². The van der Waals surface area contributed by atoms with Crippen molar-refractivity contribution >= 4 is 47.9 Å². The zero-order chi connectivity index (χ0) is 14.9. The number of sulfonamides is 1. The Hall–Kier alpha value is -0.440. The van der Waals surface area contributed by atoms with E-state index < -0.39 is 21.9 Å². The Morgan fingerprint density at radius 3 is 2.65 bits per heavy atom. The molecule has 20 heavy (non-hydrogen) atoms. The first kappa shape index (κ1) is 15.9. The highest BCUT2D eigenvalue weighted by atomic mass is 79.9. The summed E-state index contributed by atoms with van der Waals surface area (Å²) in [7, 11) is -3.67. The maximum atomic E-state index is 12.6. The number of halogens is 2. The van der Waals surface area contributed by atoms with Gasteiger partial charge < -0.3 is 5.11 Å². The van der Waals surface area contributed by atoms with E-state index >= 15 is 0 Å². The molecule has 1 aliphatic rings. The molecule has 0 aromatic heterocycles. The van der Waals surface area contributed by atoms with Crippen LogP contribution >= 0.6 is 31.9 Å². The van der Waals surface area contributed by atoms with E-state index in [2.05, 4.69) is 31.9 Å². The van der Waals surface area contributed by atoms with Crippen molar-refractivity contribution in [2.75, 3.05) is 13.1 Å². The molecule has 0 bridgehead atoms. The molecule has 1 saturated heterocycles. The smallest absolute Gasteiger partial charge is 0.307 e. The summed E-state index contributed by atoms with van der Waals surface area (Å²) >= 11 is 6.51. The van der Waals surface area contributed by atoms with Crippen molar-refractivity contribution in [3.63, 3.8) is 0 Å². The molecule has 0 saturated carbocycles. The van der Waals surface area contributed by atoms with Crippen LogP contribution in [0.1, 0.15) is 12.8 Å². The van der Waals surface area contributed by atoms with Gasteiger partial charge >= 0.3 is 5.97 Å². The van der Waals surface area contributed by atoms with Crippen LogP contribution < -0.4 is 0 Å². The SMILES string of the molecule is O=C(O)[C@@H]1CCCN(S(=O)(=O)c2ccc(Br)cc2Br)C1. The Kier molecular flexibility index (Phi) is 4.88. The predicted molar refractivity (Wildman–Crippen MR) is 81.0 cm³/mol. The molecule has 0 amide bonds.